The summed E-state index contributed by atoms with van der Waals surface area (Å²) in [5.74, 6) is 0.278. The molecule has 0 radical (unpaired) electrons. The minimum Gasteiger partial charge on any atom is -0.393 e. The number of aliphatic hydroxyl groups is 1. The van der Waals surface area contributed by atoms with E-state index >= 15 is 0 Å². The number of carbonyl (C=O) groups excluding carboxylic acids is 2. The Morgan fingerprint density at radius 1 is 1.13 bits per heavy atom. The number of nitrogens with one attached hydrogen (secondary N) is 1. The lowest BCUT2D eigenvalue weighted by atomic mass is 10.0. The number of hydrogen-bond donors (Lipinski definition) is 2. The summed E-state index contributed by atoms with van der Waals surface area (Å²) >= 11 is 0. The van der Waals surface area contributed by atoms with Gasteiger partial charge in [0.25, 0.3) is 0 Å². The first kappa shape index (κ1) is 22.2. The van der Waals surface area contributed by atoms with Crippen LogP contribution in [0.25, 0.3) is 0 Å². The van der Waals surface area contributed by atoms with Crippen molar-refractivity contribution in [1.82, 2.24) is 20.0 Å². The topological polar surface area (TPSA) is 76.1 Å². The second-order valence-corrected chi connectivity index (χ2v) is 9.47. The van der Waals surface area contributed by atoms with Crippen LogP contribution in [0.3, 0.4) is 0 Å². The molecular formula is C24H36N4O3. The SMILES string of the molecule is Cc1ccc(CN2CCC3C2C(=O)NCC(CCC(=O)N2CCC(O)CC2)N3C)cc1. The highest BCUT2D eigenvalue weighted by atomic mass is 16.3. The molecule has 3 fully saturated rings. The number of benzene rings is 1. The molecule has 4 rings (SSSR count). The van der Waals surface area contributed by atoms with Crippen LogP contribution in [0.4, 0.5) is 0 Å². The molecular weight excluding hydrogens is 392 g/mol. The van der Waals surface area contributed by atoms with Gasteiger partial charge in [-0.15, -0.1) is 0 Å². The number of carbonyl (C=O) groups is 2. The fourth-order valence-corrected chi connectivity index (χ4v) is 5.32. The molecule has 7 heteroatoms. The van der Waals surface area contributed by atoms with Gasteiger partial charge in [-0.3, -0.25) is 19.4 Å². The Morgan fingerprint density at radius 2 is 1.84 bits per heavy atom. The van der Waals surface area contributed by atoms with E-state index in [1.54, 1.807) is 0 Å². The van der Waals surface area contributed by atoms with E-state index in [0.717, 1.165) is 25.9 Å². The standard InChI is InChI=1S/C24H36N4O3/c1-17-3-5-18(6-4-17)16-28-14-11-21-23(28)24(31)25-15-19(26(21)2)7-8-22(30)27-12-9-20(29)10-13-27/h3-6,19-21,23,29H,7-16H2,1-2H3,(H,25,31). The highest BCUT2D eigenvalue weighted by Gasteiger charge is 2.45. The van der Waals surface area contributed by atoms with Crippen LogP contribution in [0, 0.1) is 6.92 Å². The predicted octanol–water partition coefficient (Wildman–Crippen LogP) is 1.13. The zero-order valence-electron chi connectivity index (χ0n) is 18.8. The molecule has 7 nitrogen and oxygen atoms in total. The molecule has 1 aromatic carbocycles. The quantitative estimate of drug-likeness (QED) is 0.735. The molecule has 3 aliphatic rings. The zero-order valence-corrected chi connectivity index (χ0v) is 18.8. The van der Waals surface area contributed by atoms with Gasteiger partial charge in [0.2, 0.25) is 11.8 Å². The van der Waals surface area contributed by atoms with E-state index in [4.69, 9.17) is 0 Å². The molecule has 0 bridgehead atoms. The van der Waals surface area contributed by atoms with Crippen molar-refractivity contribution in [2.24, 2.45) is 0 Å². The van der Waals surface area contributed by atoms with Gasteiger partial charge in [0.15, 0.2) is 0 Å². The second-order valence-electron chi connectivity index (χ2n) is 9.47. The summed E-state index contributed by atoms with van der Waals surface area (Å²) in [5, 5.41) is 12.8. The summed E-state index contributed by atoms with van der Waals surface area (Å²) in [6.45, 7) is 5.66. The fourth-order valence-electron chi connectivity index (χ4n) is 5.32. The van der Waals surface area contributed by atoms with Crippen LogP contribution in [0.2, 0.25) is 0 Å². The molecule has 0 saturated carbocycles. The summed E-state index contributed by atoms with van der Waals surface area (Å²) in [7, 11) is 2.11. The number of rotatable bonds is 5. The zero-order chi connectivity index (χ0) is 22.0. The first-order valence-electron chi connectivity index (χ1n) is 11.7. The third-order valence-electron chi connectivity index (χ3n) is 7.36. The molecule has 3 atom stereocenters. The summed E-state index contributed by atoms with van der Waals surface area (Å²) in [4.78, 5) is 32.1. The van der Waals surface area contributed by atoms with Gasteiger partial charge < -0.3 is 15.3 Å². The number of aliphatic hydroxyl groups excluding tert-OH is 1. The van der Waals surface area contributed by atoms with E-state index in [9.17, 15) is 14.7 Å². The van der Waals surface area contributed by atoms with Crippen LogP contribution in [0.15, 0.2) is 24.3 Å². The number of aryl methyl sites for hydroxylation is 1. The van der Waals surface area contributed by atoms with E-state index < -0.39 is 0 Å². The van der Waals surface area contributed by atoms with Gasteiger partial charge in [0.1, 0.15) is 6.04 Å². The first-order valence-corrected chi connectivity index (χ1v) is 11.7. The van der Waals surface area contributed by atoms with Crippen LogP contribution in [0.5, 0.6) is 0 Å². The Kier molecular flexibility index (Phi) is 6.94. The lowest BCUT2D eigenvalue weighted by Crippen LogP contribution is -2.49. The Balaban J connectivity index is 1.35. The lowest BCUT2D eigenvalue weighted by Gasteiger charge is -2.34. The smallest absolute Gasteiger partial charge is 0.239 e. The third kappa shape index (κ3) is 5.10. The highest BCUT2D eigenvalue weighted by Crippen LogP contribution is 2.29. The van der Waals surface area contributed by atoms with Crippen LogP contribution >= 0.6 is 0 Å². The van der Waals surface area contributed by atoms with Gasteiger partial charge in [-0.2, -0.15) is 0 Å². The minimum absolute atomic E-state index is 0.111. The number of fused-ring (bicyclic) bond motifs is 1. The molecule has 170 valence electrons. The largest absolute Gasteiger partial charge is 0.393 e. The maximum absolute atomic E-state index is 13.0. The van der Waals surface area contributed by atoms with Gasteiger partial charge in [0.05, 0.1) is 6.10 Å². The van der Waals surface area contributed by atoms with Crippen molar-refractivity contribution in [2.75, 3.05) is 33.2 Å². The number of likely N-dealkylation sites (tertiary alicyclic amines) is 2. The summed E-state index contributed by atoms with van der Waals surface area (Å²) in [6.07, 6.45) is 3.28. The molecule has 3 heterocycles. The van der Waals surface area contributed by atoms with Crippen molar-refractivity contribution in [3.05, 3.63) is 35.4 Å². The Bertz CT molecular complexity index is 776. The van der Waals surface area contributed by atoms with E-state index in [1.807, 2.05) is 4.90 Å². The highest BCUT2D eigenvalue weighted by molar-refractivity contribution is 5.83. The Hall–Kier alpha value is -1.96. The molecule has 3 aliphatic heterocycles. The van der Waals surface area contributed by atoms with E-state index in [1.165, 1.54) is 11.1 Å². The second kappa shape index (κ2) is 9.67. The maximum Gasteiger partial charge on any atom is 0.239 e. The predicted molar refractivity (Wildman–Crippen MR) is 119 cm³/mol. The van der Waals surface area contributed by atoms with E-state index in [-0.39, 0.29) is 36.0 Å². The molecule has 0 aliphatic carbocycles. The lowest BCUT2D eigenvalue weighted by molar-refractivity contribution is -0.133. The van der Waals surface area contributed by atoms with Crippen LogP contribution in [-0.4, -0.2) is 89.1 Å². The number of hydrogen-bond acceptors (Lipinski definition) is 5. The van der Waals surface area contributed by atoms with Crippen molar-refractivity contribution in [3.63, 3.8) is 0 Å². The average molecular weight is 429 g/mol. The molecule has 2 amide bonds. The van der Waals surface area contributed by atoms with Crippen molar-refractivity contribution in [3.8, 4) is 0 Å². The van der Waals surface area contributed by atoms with Crippen molar-refractivity contribution in [2.45, 2.75) is 69.8 Å². The number of likely N-dealkylation sites (N-methyl/N-ethyl adjacent to an activating group) is 1. The van der Waals surface area contributed by atoms with Gasteiger partial charge in [-0.25, -0.2) is 0 Å². The number of amides is 2. The van der Waals surface area contributed by atoms with Crippen molar-refractivity contribution in [1.29, 1.82) is 0 Å². The molecule has 3 saturated heterocycles. The molecule has 31 heavy (non-hydrogen) atoms. The van der Waals surface area contributed by atoms with Crippen LogP contribution in [-0.2, 0) is 16.1 Å². The maximum atomic E-state index is 13.0. The first-order chi connectivity index (χ1) is 14.9. The van der Waals surface area contributed by atoms with Gasteiger partial charge in [-0.1, -0.05) is 29.8 Å². The third-order valence-corrected chi connectivity index (χ3v) is 7.36. The van der Waals surface area contributed by atoms with Gasteiger partial charge >= 0.3 is 0 Å². The van der Waals surface area contributed by atoms with E-state index in [2.05, 4.69) is 53.4 Å². The fraction of sp³-hybridized carbons (Fsp3) is 0.667. The number of piperidine rings is 1. The molecule has 1 aromatic rings. The van der Waals surface area contributed by atoms with E-state index in [0.29, 0.717) is 38.9 Å². The monoisotopic (exact) mass is 428 g/mol. The molecule has 3 unspecified atom stereocenters. The Morgan fingerprint density at radius 3 is 2.55 bits per heavy atom. The summed E-state index contributed by atoms with van der Waals surface area (Å²) < 4.78 is 0. The molecule has 2 N–H and O–H groups in total. The average Bonchev–Trinajstić information content (AvgIpc) is 3.13. The molecule has 0 aromatic heterocycles. The summed E-state index contributed by atoms with van der Waals surface area (Å²) in [6, 6.07) is 8.74. The minimum atomic E-state index is -0.269. The van der Waals surface area contributed by atoms with Gasteiger partial charge in [0, 0.05) is 51.2 Å². The Labute approximate surface area is 185 Å². The normalized spacial score (nSPS) is 28.3. The number of nitrogens with zero attached hydrogens (tertiary/aromatic N) is 3. The van der Waals surface area contributed by atoms with Crippen molar-refractivity contribution < 1.29 is 14.7 Å². The van der Waals surface area contributed by atoms with Crippen LogP contribution < -0.4 is 5.32 Å². The van der Waals surface area contributed by atoms with Crippen LogP contribution in [0.1, 0.15) is 43.2 Å². The van der Waals surface area contributed by atoms with Gasteiger partial charge in [-0.05, 0) is 45.2 Å². The molecule has 0 spiro atoms. The van der Waals surface area contributed by atoms with Crippen molar-refractivity contribution >= 4 is 11.8 Å². The summed E-state index contributed by atoms with van der Waals surface area (Å²) in [5.41, 5.74) is 2.48.